The smallest absolute Gasteiger partial charge is 0.352 e. The lowest BCUT2D eigenvalue weighted by Crippen LogP contribution is -2.37. The van der Waals surface area contributed by atoms with Crippen LogP contribution in [0.25, 0.3) is 0 Å². The van der Waals surface area contributed by atoms with Gasteiger partial charge in [-0.1, -0.05) is 31.9 Å². The van der Waals surface area contributed by atoms with E-state index in [0.29, 0.717) is 18.6 Å². The number of carbonyl (C=O) groups excluding carboxylic acids is 1. The van der Waals surface area contributed by atoms with Gasteiger partial charge in [0.05, 0.1) is 6.10 Å². The lowest BCUT2D eigenvalue weighted by Gasteiger charge is -2.14. The molecule has 0 aromatic carbocycles. The lowest BCUT2D eigenvalue weighted by molar-refractivity contribution is -0.130. The normalized spacial score (nSPS) is 14.0. The summed E-state index contributed by atoms with van der Waals surface area (Å²) < 4.78 is 0. The van der Waals surface area contributed by atoms with E-state index in [2.05, 4.69) is 0 Å². The maximum atomic E-state index is 11.1. The molecule has 22 heavy (non-hydrogen) atoms. The third kappa shape index (κ3) is 9.41. The zero-order valence-electron chi connectivity index (χ0n) is 13.1. The zero-order chi connectivity index (χ0) is 17.0. The van der Waals surface area contributed by atoms with Crippen LogP contribution >= 0.6 is 0 Å². The van der Waals surface area contributed by atoms with E-state index >= 15 is 0 Å². The average molecular weight is 313 g/mol. The van der Waals surface area contributed by atoms with Crippen molar-refractivity contribution in [3.05, 3.63) is 12.2 Å². The number of unbranched alkanes of at least 4 members (excludes halogenated alkanes) is 4. The number of rotatable bonds is 13. The molecule has 4 N–H and O–H groups in total. The Hall–Kier alpha value is -1.53. The first kappa shape index (κ1) is 20.5. The molecule has 0 bridgehead atoms. The van der Waals surface area contributed by atoms with Crippen molar-refractivity contribution < 1.29 is 24.9 Å². The number of nitrogens with one attached hydrogen (secondary N) is 1. The third-order valence-electron chi connectivity index (χ3n) is 3.41. The SMILES string of the molecule is CCC(=O)CCCCCC/C=C/CC(O)C(O)C(=N)C(=O)O. The Kier molecular flexibility index (Phi) is 11.2. The summed E-state index contributed by atoms with van der Waals surface area (Å²) in [6, 6.07) is 0. The Morgan fingerprint density at radius 2 is 1.73 bits per heavy atom. The fourth-order valence-electron chi connectivity index (χ4n) is 1.92. The maximum Gasteiger partial charge on any atom is 0.352 e. The summed E-state index contributed by atoms with van der Waals surface area (Å²) in [6.07, 6.45) is 6.80. The number of aliphatic hydroxyl groups is 2. The number of aliphatic carboxylic acids is 1. The van der Waals surface area contributed by atoms with Crippen LogP contribution in [0, 0.1) is 5.41 Å². The van der Waals surface area contributed by atoms with Crippen molar-refractivity contribution in [2.75, 3.05) is 0 Å². The van der Waals surface area contributed by atoms with Crippen molar-refractivity contribution >= 4 is 17.5 Å². The number of ketones is 1. The zero-order valence-corrected chi connectivity index (χ0v) is 13.1. The predicted molar refractivity (Wildman–Crippen MR) is 84.1 cm³/mol. The molecule has 0 rings (SSSR count). The van der Waals surface area contributed by atoms with Gasteiger partial charge in [-0.2, -0.15) is 0 Å². The van der Waals surface area contributed by atoms with E-state index in [4.69, 9.17) is 10.5 Å². The number of aliphatic hydroxyl groups excluding tert-OH is 2. The average Bonchev–Trinajstić information content (AvgIpc) is 2.50. The molecule has 0 spiro atoms. The van der Waals surface area contributed by atoms with Crippen LogP contribution < -0.4 is 0 Å². The van der Waals surface area contributed by atoms with E-state index in [-0.39, 0.29) is 6.42 Å². The number of carbonyl (C=O) groups is 2. The van der Waals surface area contributed by atoms with Crippen LogP contribution in [0.1, 0.15) is 58.3 Å². The van der Waals surface area contributed by atoms with Gasteiger partial charge in [0.25, 0.3) is 0 Å². The van der Waals surface area contributed by atoms with E-state index in [1.165, 1.54) is 0 Å². The highest BCUT2D eigenvalue weighted by Crippen LogP contribution is 2.08. The van der Waals surface area contributed by atoms with Gasteiger partial charge in [-0.25, -0.2) is 4.79 Å². The molecular weight excluding hydrogens is 286 g/mol. The monoisotopic (exact) mass is 313 g/mol. The quantitative estimate of drug-likeness (QED) is 0.236. The highest BCUT2D eigenvalue weighted by atomic mass is 16.4. The minimum atomic E-state index is -1.67. The minimum absolute atomic E-state index is 0.113. The van der Waals surface area contributed by atoms with E-state index < -0.39 is 23.9 Å². The summed E-state index contributed by atoms with van der Waals surface area (Å²) in [6.45, 7) is 1.87. The molecule has 0 aliphatic carbocycles. The van der Waals surface area contributed by atoms with Crippen molar-refractivity contribution in [3.8, 4) is 0 Å². The summed E-state index contributed by atoms with van der Waals surface area (Å²) in [5.74, 6) is -1.23. The number of hydrogen-bond acceptors (Lipinski definition) is 5. The minimum Gasteiger partial charge on any atom is -0.477 e. The molecule has 0 aromatic heterocycles. The van der Waals surface area contributed by atoms with Crippen molar-refractivity contribution in [1.29, 1.82) is 5.41 Å². The maximum absolute atomic E-state index is 11.1. The topological polar surface area (TPSA) is 119 Å². The van der Waals surface area contributed by atoms with E-state index in [0.717, 1.165) is 32.1 Å². The molecule has 0 radical (unpaired) electrons. The second kappa shape index (κ2) is 12.1. The van der Waals surface area contributed by atoms with Gasteiger partial charge in [0.2, 0.25) is 0 Å². The van der Waals surface area contributed by atoms with Gasteiger partial charge >= 0.3 is 5.97 Å². The molecule has 6 heteroatoms. The van der Waals surface area contributed by atoms with Gasteiger partial charge in [0.1, 0.15) is 17.6 Å². The number of hydrogen-bond donors (Lipinski definition) is 4. The summed E-state index contributed by atoms with van der Waals surface area (Å²) in [7, 11) is 0. The van der Waals surface area contributed by atoms with Gasteiger partial charge in [0, 0.05) is 12.8 Å². The Morgan fingerprint density at radius 1 is 1.09 bits per heavy atom. The summed E-state index contributed by atoms with van der Waals surface area (Å²) in [4.78, 5) is 21.6. The van der Waals surface area contributed by atoms with Crippen LogP contribution in [-0.4, -0.2) is 45.0 Å². The van der Waals surface area contributed by atoms with Crippen LogP contribution in [0.2, 0.25) is 0 Å². The van der Waals surface area contributed by atoms with Gasteiger partial charge in [-0.15, -0.1) is 0 Å². The molecule has 0 saturated heterocycles. The first-order chi connectivity index (χ1) is 10.4. The highest BCUT2D eigenvalue weighted by molar-refractivity contribution is 6.36. The van der Waals surface area contributed by atoms with Gasteiger partial charge < -0.3 is 15.3 Å². The second-order valence-electron chi connectivity index (χ2n) is 5.28. The number of carboxylic acid groups (broad SMARTS) is 1. The van der Waals surface area contributed by atoms with E-state index in [9.17, 15) is 19.8 Å². The lowest BCUT2D eigenvalue weighted by atomic mass is 10.0. The molecule has 2 atom stereocenters. The molecule has 126 valence electrons. The fraction of sp³-hybridized carbons (Fsp3) is 0.688. The Balaban J connectivity index is 3.68. The first-order valence-electron chi connectivity index (χ1n) is 7.74. The molecule has 0 heterocycles. The summed E-state index contributed by atoms with van der Waals surface area (Å²) in [5, 5.41) is 34.6. The van der Waals surface area contributed by atoms with E-state index in [1.54, 1.807) is 6.08 Å². The molecule has 6 nitrogen and oxygen atoms in total. The summed E-state index contributed by atoms with van der Waals surface area (Å²) in [5.41, 5.74) is -0.900. The number of carboxylic acids is 1. The van der Waals surface area contributed by atoms with Gasteiger partial charge in [-0.05, 0) is 25.7 Å². The van der Waals surface area contributed by atoms with Gasteiger partial charge in [-0.3, -0.25) is 10.2 Å². The Labute approximate surface area is 131 Å². The van der Waals surface area contributed by atoms with Crippen molar-refractivity contribution in [2.45, 2.75) is 70.5 Å². The van der Waals surface area contributed by atoms with Crippen molar-refractivity contribution in [3.63, 3.8) is 0 Å². The first-order valence-corrected chi connectivity index (χ1v) is 7.74. The van der Waals surface area contributed by atoms with Crippen LogP contribution in [0.3, 0.4) is 0 Å². The molecule has 0 aliphatic rings. The van der Waals surface area contributed by atoms with Crippen LogP contribution in [0.4, 0.5) is 0 Å². The molecule has 0 saturated carbocycles. The number of Topliss-reactive ketones (excluding diaryl/α,β-unsaturated/α-hetero) is 1. The third-order valence-corrected chi connectivity index (χ3v) is 3.41. The van der Waals surface area contributed by atoms with Gasteiger partial charge in [0.15, 0.2) is 0 Å². The molecule has 0 aromatic rings. The molecule has 0 amide bonds. The van der Waals surface area contributed by atoms with Crippen LogP contribution in [0.5, 0.6) is 0 Å². The largest absolute Gasteiger partial charge is 0.477 e. The Morgan fingerprint density at radius 3 is 2.32 bits per heavy atom. The predicted octanol–water partition coefficient (Wildman–Crippen LogP) is 2.08. The molecular formula is C16H27NO5. The van der Waals surface area contributed by atoms with E-state index in [1.807, 2.05) is 13.0 Å². The Bertz CT molecular complexity index is 392. The van der Waals surface area contributed by atoms with Crippen LogP contribution in [-0.2, 0) is 9.59 Å². The van der Waals surface area contributed by atoms with Crippen molar-refractivity contribution in [1.82, 2.24) is 0 Å². The van der Waals surface area contributed by atoms with Crippen LogP contribution in [0.15, 0.2) is 12.2 Å². The number of allylic oxidation sites excluding steroid dienone is 1. The second-order valence-corrected chi connectivity index (χ2v) is 5.28. The molecule has 0 aliphatic heterocycles. The summed E-state index contributed by atoms with van der Waals surface area (Å²) >= 11 is 0. The molecule has 2 unspecified atom stereocenters. The molecule has 0 fully saturated rings. The highest BCUT2D eigenvalue weighted by Gasteiger charge is 2.24. The fourth-order valence-corrected chi connectivity index (χ4v) is 1.92. The van der Waals surface area contributed by atoms with Crippen molar-refractivity contribution in [2.24, 2.45) is 0 Å². The standard InChI is InChI=1S/C16H27NO5/c1-2-12(18)10-8-6-4-3-5-7-9-11-13(19)15(20)14(17)16(21)22/h7,9,13,15,17,19-20H,2-6,8,10-11H2,1H3,(H,21,22)/b9-7+,17-14?.